The lowest BCUT2D eigenvalue weighted by molar-refractivity contribution is -0.133. The van der Waals surface area contributed by atoms with Gasteiger partial charge in [-0.2, -0.15) is 0 Å². The van der Waals surface area contributed by atoms with E-state index in [4.69, 9.17) is 12.2 Å². The van der Waals surface area contributed by atoms with E-state index in [1.165, 1.54) is 0 Å². The van der Waals surface area contributed by atoms with E-state index in [2.05, 4.69) is 5.32 Å². The maximum Gasteiger partial charge on any atom is 0.414 e. The Bertz CT molecular complexity index is 669. The molecule has 1 unspecified atom stereocenters. The Kier molecular flexibility index (Phi) is 3.95. The van der Waals surface area contributed by atoms with E-state index in [0.29, 0.717) is 11.3 Å². The molecule has 1 atom stereocenters. The second-order valence-electron chi connectivity index (χ2n) is 4.69. The fraction of sp³-hybridized carbons (Fsp3) is 0.214. The van der Waals surface area contributed by atoms with Crippen LogP contribution in [-0.4, -0.2) is 32.3 Å². The molecule has 2 rings (SSSR count). The first kappa shape index (κ1) is 15.0. The zero-order chi connectivity index (χ0) is 15.7. The molecule has 1 amide bonds. The number of rotatable bonds is 2. The molecule has 0 radical (unpaired) electrons. The third kappa shape index (κ3) is 2.59. The molecule has 1 heterocycles. The van der Waals surface area contributed by atoms with Crippen molar-refractivity contribution in [3.63, 3.8) is 0 Å². The van der Waals surface area contributed by atoms with E-state index in [0.717, 1.165) is 10.5 Å². The summed E-state index contributed by atoms with van der Waals surface area (Å²) < 4.78 is 0. The summed E-state index contributed by atoms with van der Waals surface area (Å²) in [6.07, 6.45) is -1.30. The number of aryl methyl sites for hydroxylation is 1. The predicted octanol–water partition coefficient (Wildman–Crippen LogP) is 2.26. The Morgan fingerprint density at radius 3 is 2.38 bits per heavy atom. The quantitative estimate of drug-likeness (QED) is 0.726. The summed E-state index contributed by atoms with van der Waals surface area (Å²) in [6.45, 7) is 3.37. The van der Waals surface area contributed by atoms with Crippen LogP contribution in [0.1, 0.15) is 24.1 Å². The predicted molar refractivity (Wildman–Crippen MR) is 79.9 cm³/mol. The first-order valence-electron chi connectivity index (χ1n) is 6.17. The van der Waals surface area contributed by atoms with Crippen LogP contribution >= 0.6 is 12.2 Å². The molecule has 0 saturated carbocycles. The van der Waals surface area contributed by atoms with Crippen molar-refractivity contribution in [2.45, 2.75) is 19.9 Å². The van der Waals surface area contributed by atoms with E-state index >= 15 is 0 Å². The minimum Gasteiger partial charge on any atom is -0.478 e. The van der Waals surface area contributed by atoms with Gasteiger partial charge in [0.1, 0.15) is 6.04 Å². The molecule has 7 heteroatoms. The number of amides is 1. The lowest BCUT2D eigenvalue weighted by atomic mass is 9.91. The van der Waals surface area contributed by atoms with Gasteiger partial charge in [0.05, 0.1) is 5.57 Å². The normalized spacial score (nSPS) is 18.5. The van der Waals surface area contributed by atoms with Gasteiger partial charge in [0.25, 0.3) is 0 Å². The number of hydrogen-bond acceptors (Lipinski definition) is 3. The number of thiocarbonyl (C=S) groups is 1. The molecule has 0 aliphatic carbocycles. The molecule has 0 fully saturated rings. The van der Waals surface area contributed by atoms with Gasteiger partial charge in [0, 0.05) is 5.70 Å². The maximum atomic E-state index is 11.6. The fourth-order valence-electron chi connectivity index (χ4n) is 2.40. The first-order chi connectivity index (χ1) is 9.84. The van der Waals surface area contributed by atoms with Gasteiger partial charge >= 0.3 is 12.1 Å². The Morgan fingerprint density at radius 1 is 1.24 bits per heavy atom. The van der Waals surface area contributed by atoms with Crippen LogP contribution in [0.2, 0.25) is 0 Å². The number of aliphatic carboxylic acids is 1. The summed E-state index contributed by atoms with van der Waals surface area (Å²) in [4.78, 5) is 24.0. The number of carboxylic acids is 1. The average molecular weight is 306 g/mol. The molecule has 0 saturated heterocycles. The van der Waals surface area contributed by atoms with Crippen LogP contribution in [0.5, 0.6) is 0 Å². The number of carboxylic acid groups (broad SMARTS) is 2. The molecule has 1 aromatic rings. The molecule has 0 bridgehead atoms. The third-order valence-corrected chi connectivity index (χ3v) is 3.67. The van der Waals surface area contributed by atoms with Gasteiger partial charge in [-0.05, 0) is 37.2 Å². The first-order valence-corrected chi connectivity index (χ1v) is 6.58. The van der Waals surface area contributed by atoms with E-state index in [1.807, 2.05) is 0 Å². The largest absolute Gasteiger partial charge is 0.478 e. The number of allylic oxidation sites excluding steroid dienone is 1. The molecule has 1 aromatic carbocycles. The lowest BCUT2D eigenvalue weighted by Crippen LogP contribution is -2.50. The highest BCUT2D eigenvalue weighted by Crippen LogP contribution is 2.35. The summed E-state index contributed by atoms with van der Waals surface area (Å²) in [6, 6.07) is 6.09. The van der Waals surface area contributed by atoms with Crippen molar-refractivity contribution in [2.24, 2.45) is 0 Å². The minimum atomic E-state index is -1.30. The highest BCUT2D eigenvalue weighted by Gasteiger charge is 2.40. The fourth-order valence-corrected chi connectivity index (χ4v) is 2.74. The van der Waals surface area contributed by atoms with Crippen LogP contribution in [0.25, 0.3) is 0 Å². The zero-order valence-corrected chi connectivity index (χ0v) is 12.3. The summed E-state index contributed by atoms with van der Waals surface area (Å²) in [5, 5.41) is 21.5. The zero-order valence-electron chi connectivity index (χ0n) is 11.5. The standard InChI is InChI=1S/C14H14N2O4S/c1-7-5-3-4-6-9(7)11-10(12(17)18)8(2)15-13(21)16(11)14(19)20/h3-6,11H,1-2H3,(H,15,21)(H,17,18)(H,19,20). The van der Waals surface area contributed by atoms with Crippen molar-refractivity contribution in [3.8, 4) is 0 Å². The van der Waals surface area contributed by atoms with Crippen LogP contribution in [0.3, 0.4) is 0 Å². The number of carbonyl (C=O) groups is 2. The molecule has 6 nitrogen and oxygen atoms in total. The molecule has 0 spiro atoms. The molecule has 3 N–H and O–H groups in total. The van der Waals surface area contributed by atoms with Crippen LogP contribution < -0.4 is 5.32 Å². The Labute approximate surface area is 126 Å². The smallest absolute Gasteiger partial charge is 0.414 e. The van der Waals surface area contributed by atoms with Gasteiger partial charge in [0.2, 0.25) is 0 Å². The van der Waals surface area contributed by atoms with Gasteiger partial charge in [-0.3, -0.25) is 0 Å². The van der Waals surface area contributed by atoms with E-state index in [-0.39, 0.29) is 10.7 Å². The second kappa shape index (κ2) is 5.53. The van der Waals surface area contributed by atoms with Gasteiger partial charge in [-0.25, -0.2) is 14.5 Å². The minimum absolute atomic E-state index is 0.0275. The van der Waals surface area contributed by atoms with Crippen LogP contribution in [0.15, 0.2) is 35.5 Å². The second-order valence-corrected chi connectivity index (χ2v) is 5.07. The van der Waals surface area contributed by atoms with Gasteiger partial charge in [-0.1, -0.05) is 24.3 Å². The van der Waals surface area contributed by atoms with Crippen molar-refractivity contribution >= 4 is 29.4 Å². The third-order valence-electron chi connectivity index (χ3n) is 3.37. The number of nitrogens with zero attached hydrogens (tertiary/aromatic N) is 1. The highest BCUT2D eigenvalue weighted by molar-refractivity contribution is 7.80. The summed E-state index contributed by atoms with van der Waals surface area (Å²) >= 11 is 5.05. The highest BCUT2D eigenvalue weighted by atomic mass is 32.1. The van der Waals surface area contributed by atoms with E-state index in [9.17, 15) is 19.8 Å². The number of nitrogens with one attached hydrogen (secondary N) is 1. The number of benzene rings is 1. The molecule has 1 aliphatic rings. The SMILES string of the molecule is CC1=C(C(=O)O)C(c2ccccc2C)N(C(=O)O)C(=S)N1. The van der Waals surface area contributed by atoms with E-state index in [1.54, 1.807) is 38.1 Å². The Hall–Kier alpha value is -2.41. The molecular formula is C14H14N2O4S. The van der Waals surface area contributed by atoms with Crippen molar-refractivity contribution < 1.29 is 19.8 Å². The van der Waals surface area contributed by atoms with Gasteiger partial charge in [-0.15, -0.1) is 0 Å². The topological polar surface area (TPSA) is 89.9 Å². The van der Waals surface area contributed by atoms with E-state index < -0.39 is 18.1 Å². The van der Waals surface area contributed by atoms with Gasteiger partial charge < -0.3 is 15.5 Å². The monoisotopic (exact) mass is 306 g/mol. The van der Waals surface area contributed by atoms with Crippen LogP contribution in [0.4, 0.5) is 4.79 Å². The van der Waals surface area contributed by atoms with Crippen molar-refractivity contribution in [1.82, 2.24) is 10.2 Å². The summed E-state index contributed by atoms with van der Waals surface area (Å²) in [7, 11) is 0. The van der Waals surface area contributed by atoms with Crippen LogP contribution in [-0.2, 0) is 4.79 Å². The maximum absolute atomic E-state index is 11.6. The summed E-state index contributed by atoms with van der Waals surface area (Å²) in [5.41, 5.74) is 1.71. The molecular weight excluding hydrogens is 292 g/mol. The van der Waals surface area contributed by atoms with Crippen molar-refractivity contribution in [3.05, 3.63) is 46.7 Å². The van der Waals surface area contributed by atoms with Crippen molar-refractivity contribution in [1.29, 1.82) is 0 Å². The summed E-state index contributed by atoms with van der Waals surface area (Å²) in [5.74, 6) is -1.18. The molecule has 0 aromatic heterocycles. The Morgan fingerprint density at radius 2 is 1.86 bits per heavy atom. The molecule has 110 valence electrons. The molecule has 21 heavy (non-hydrogen) atoms. The average Bonchev–Trinajstić information content (AvgIpc) is 2.37. The lowest BCUT2D eigenvalue weighted by Gasteiger charge is -2.36. The van der Waals surface area contributed by atoms with Gasteiger partial charge in [0.15, 0.2) is 5.11 Å². The van der Waals surface area contributed by atoms with Crippen molar-refractivity contribution in [2.75, 3.05) is 0 Å². The number of hydrogen-bond donors (Lipinski definition) is 3. The van der Waals surface area contributed by atoms with Crippen LogP contribution in [0, 0.1) is 6.92 Å². The molecule has 1 aliphatic heterocycles. The Balaban J connectivity index is 2.71.